The van der Waals surface area contributed by atoms with Crippen LogP contribution in [0.25, 0.3) is 0 Å². The summed E-state index contributed by atoms with van der Waals surface area (Å²) >= 11 is 0. The molecule has 2 aliphatic heterocycles. The Morgan fingerprint density at radius 3 is 2.50 bits per heavy atom. The van der Waals surface area contributed by atoms with Crippen LogP contribution < -0.4 is 4.74 Å². The first-order valence-electron chi connectivity index (χ1n) is 10.6. The molecular weight excluding hydrogens is 324 g/mol. The van der Waals surface area contributed by atoms with Crippen LogP contribution in [0.5, 0.6) is 5.75 Å². The maximum atomic E-state index is 9.95. The summed E-state index contributed by atoms with van der Waals surface area (Å²) in [5.41, 5.74) is 1.38. The molecule has 0 spiro atoms. The third-order valence-corrected chi connectivity index (χ3v) is 5.86. The van der Waals surface area contributed by atoms with Crippen molar-refractivity contribution in [3.05, 3.63) is 29.8 Å². The van der Waals surface area contributed by atoms with Gasteiger partial charge >= 0.3 is 0 Å². The van der Waals surface area contributed by atoms with Gasteiger partial charge in [-0.3, -0.25) is 9.80 Å². The maximum Gasteiger partial charge on any atom is 0.119 e. The van der Waals surface area contributed by atoms with Crippen molar-refractivity contribution in [2.45, 2.75) is 70.6 Å². The van der Waals surface area contributed by atoms with E-state index >= 15 is 0 Å². The SMILES string of the molecule is CC(O)C1CCCCN1CCCOc1ccc(CN2CCCCC2)cc1. The highest BCUT2D eigenvalue weighted by Gasteiger charge is 2.25. The number of aliphatic hydroxyl groups is 1. The van der Waals surface area contributed by atoms with Crippen molar-refractivity contribution < 1.29 is 9.84 Å². The number of aliphatic hydroxyl groups excluding tert-OH is 1. The van der Waals surface area contributed by atoms with Gasteiger partial charge in [0.25, 0.3) is 0 Å². The second-order valence-corrected chi connectivity index (χ2v) is 8.02. The van der Waals surface area contributed by atoms with Crippen LogP contribution in [-0.4, -0.2) is 59.8 Å². The molecular formula is C22H36N2O2. The van der Waals surface area contributed by atoms with Gasteiger partial charge in [-0.2, -0.15) is 0 Å². The zero-order valence-electron chi connectivity index (χ0n) is 16.4. The molecule has 146 valence electrons. The largest absolute Gasteiger partial charge is 0.494 e. The summed E-state index contributed by atoms with van der Waals surface area (Å²) in [5, 5.41) is 9.95. The molecule has 2 fully saturated rings. The molecule has 0 amide bonds. The van der Waals surface area contributed by atoms with Crippen LogP contribution in [-0.2, 0) is 6.54 Å². The van der Waals surface area contributed by atoms with E-state index in [0.29, 0.717) is 6.04 Å². The van der Waals surface area contributed by atoms with Gasteiger partial charge in [-0.15, -0.1) is 0 Å². The van der Waals surface area contributed by atoms with Crippen LogP contribution in [0.15, 0.2) is 24.3 Å². The van der Waals surface area contributed by atoms with Gasteiger partial charge in [0, 0.05) is 19.1 Å². The average Bonchev–Trinajstić information content (AvgIpc) is 2.67. The molecule has 4 heteroatoms. The van der Waals surface area contributed by atoms with E-state index in [4.69, 9.17) is 4.74 Å². The van der Waals surface area contributed by atoms with Crippen LogP contribution in [0.2, 0.25) is 0 Å². The first-order valence-corrected chi connectivity index (χ1v) is 10.6. The van der Waals surface area contributed by atoms with Crippen LogP contribution in [0, 0.1) is 0 Å². The lowest BCUT2D eigenvalue weighted by molar-refractivity contribution is 0.0338. The summed E-state index contributed by atoms with van der Waals surface area (Å²) in [4.78, 5) is 5.00. The molecule has 3 rings (SSSR count). The summed E-state index contributed by atoms with van der Waals surface area (Å²) in [7, 11) is 0. The molecule has 4 nitrogen and oxygen atoms in total. The van der Waals surface area contributed by atoms with Crippen molar-refractivity contribution in [2.24, 2.45) is 0 Å². The smallest absolute Gasteiger partial charge is 0.119 e. The van der Waals surface area contributed by atoms with E-state index in [1.807, 2.05) is 6.92 Å². The lowest BCUT2D eigenvalue weighted by Gasteiger charge is -2.37. The van der Waals surface area contributed by atoms with Crippen LogP contribution in [0.3, 0.4) is 0 Å². The quantitative estimate of drug-likeness (QED) is 0.718. The van der Waals surface area contributed by atoms with Gasteiger partial charge in [0.05, 0.1) is 12.7 Å². The van der Waals surface area contributed by atoms with Gasteiger partial charge in [0.1, 0.15) is 5.75 Å². The lowest BCUT2D eigenvalue weighted by Crippen LogP contribution is -2.46. The molecule has 26 heavy (non-hydrogen) atoms. The molecule has 2 aliphatic rings. The Bertz CT molecular complexity index is 511. The second-order valence-electron chi connectivity index (χ2n) is 8.02. The van der Waals surface area contributed by atoms with Gasteiger partial charge in [-0.25, -0.2) is 0 Å². The highest BCUT2D eigenvalue weighted by Crippen LogP contribution is 2.20. The highest BCUT2D eigenvalue weighted by molar-refractivity contribution is 5.27. The van der Waals surface area contributed by atoms with Crippen molar-refractivity contribution in [1.82, 2.24) is 9.80 Å². The van der Waals surface area contributed by atoms with E-state index in [-0.39, 0.29) is 6.10 Å². The molecule has 0 radical (unpaired) electrons. The number of hydrogen-bond acceptors (Lipinski definition) is 4. The van der Waals surface area contributed by atoms with Crippen LogP contribution in [0.4, 0.5) is 0 Å². The minimum atomic E-state index is -0.233. The Kier molecular flexibility index (Phi) is 7.78. The van der Waals surface area contributed by atoms with Crippen molar-refractivity contribution in [3.8, 4) is 5.75 Å². The van der Waals surface area contributed by atoms with Gasteiger partial charge < -0.3 is 9.84 Å². The Hall–Kier alpha value is -1.10. The van der Waals surface area contributed by atoms with E-state index in [1.165, 1.54) is 50.8 Å². The summed E-state index contributed by atoms with van der Waals surface area (Å²) in [6, 6.07) is 8.96. The Labute approximate surface area is 159 Å². The normalized spacial score (nSPS) is 23.7. The van der Waals surface area contributed by atoms with Gasteiger partial charge in [-0.1, -0.05) is 25.0 Å². The Balaban J connectivity index is 1.36. The van der Waals surface area contributed by atoms with Gasteiger partial charge in [-0.05, 0) is 76.4 Å². The number of likely N-dealkylation sites (tertiary alicyclic amines) is 2. The molecule has 1 N–H and O–H groups in total. The molecule has 2 heterocycles. The molecule has 2 unspecified atom stereocenters. The maximum absolute atomic E-state index is 9.95. The van der Waals surface area contributed by atoms with Crippen molar-refractivity contribution in [3.63, 3.8) is 0 Å². The van der Waals surface area contributed by atoms with Crippen LogP contribution in [0.1, 0.15) is 57.4 Å². The molecule has 0 aromatic heterocycles. The third-order valence-electron chi connectivity index (χ3n) is 5.86. The number of ether oxygens (including phenoxy) is 1. The molecule has 0 aliphatic carbocycles. The second kappa shape index (κ2) is 10.3. The monoisotopic (exact) mass is 360 g/mol. The number of benzene rings is 1. The number of piperidine rings is 2. The third kappa shape index (κ3) is 5.97. The molecule has 0 saturated carbocycles. The lowest BCUT2D eigenvalue weighted by atomic mass is 9.98. The summed E-state index contributed by atoms with van der Waals surface area (Å²) in [6.45, 7) is 8.34. The Morgan fingerprint density at radius 2 is 1.77 bits per heavy atom. The van der Waals surface area contributed by atoms with E-state index in [0.717, 1.165) is 44.8 Å². The first kappa shape index (κ1) is 19.7. The zero-order chi connectivity index (χ0) is 18.2. The molecule has 2 saturated heterocycles. The number of hydrogen-bond donors (Lipinski definition) is 1. The topological polar surface area (TPSA) is 35.9 Å². The van der Waals surface area contributed by atoms with E-state index in [1.54, 1.807) is 0 Å². The summed E-state index contributed by atoms with van der Waals surface area (Å²) in [6.07, 6.45) is 8.47. The fourth-order valence-corrected chi connectivity index (χ4v) is 4.37. The number of rotatable bonds is 8. The Morgan fingerprint density at radius 1 is 1.04 bits per heavy atom. The van der Waals surface area contributed by atoms with E-state index in [9.17, 15) is 5.11 Å². The van der Waals surface area contributed by atoms with Crippen molar-refractivity contribution >= 4 is 0 Å². The number of nitrogens with zero attached hydrogens (tertiary/aromatic N) is 2. The highest BCUT2D eigenvalue weighted by atomic mass is 16.5. The molecule has 1 aromatic rings. The van der Waals surface area contributed by atoms with Gasteiger partial charge in [0.15, 0.2) is 0 Å². The predicted octanol–water partition coefficient (Wildman–Crippen LogP) is 3.68. The average molecular weight is 361 g/mol. The van der Waals surface area contributed by atoms with Crippen molar-refractivity contribution in [1.29, 1.82) is 0 Å². The molecule has 2 atom stereocenters. The summed E-state index contributed by atoms with van der Waals surface area (Å²) < 4.78 is 5.93. The first-order chi connectivity index (χ1) is 12.7. The van der Waals surface area contributed by atoms with Gasteiger partial charge in [0.2, 0.25) is 0 Å². The van der Waals surface area contributed by atoms with E-state index in [2.05, 4.69) is 34.1 Å². The standard InChI is InChI=1S/C22H36N2O2/c1-19(25)22-8-3-6-15-24(22)16-7-17-26-21-11-9-20(10-12-21)18-23-13-4-2-5-14-23/h9-12,19,22,25H,2-8,13-18H2,1H3. The molecule has 0 bridgehead atoms. The summed E-state index contributed by atoms with van der Waals surface area (Å²) in [5.74, 6) is 0.970. The molecule has 1 aromatic carbocycles. The fourth-order valence-electron chi connectivity index (χ4n) is 4.37. The van der Waals surface area contributed by atoms with E-state index < -0.39 is 0 Å². The van der Waals surface area contributed by atoms with Crippen molar-refractivity contribution in [2.75, 3.05) is 32.8 Å². The minimum absolute atomic E-state index is 0.233. The fraction of sp³-hybridized carbons (Fsp3) is 0.727. The zero-order valence-corrected chi connectivity index (χ0v) is 16.4. The minimum Gasteiger partial charge on any atom is -0.494 e. The van der Waals surface area contributed by atoms with Crippen LogP contribution >= 0.6 is 0 Å². The predicted molar refractivity (Wildman–Crippen MR) is 107 cm³/mol.